The average molecular weight is 478 g/mol. The lowest BCUT2D eigenvalue weighted by molar-refractivity contribution is -0.154. The third kappa shape index (κ3) is 5.09. The van der Waals surface area contributed by atoms with Crippen LogP contribution in [-0.2, 0) is 24.3 Å². The number of benzene rings is 1. The summed E-state index contributed by atoms with van der Waals surface area (Å²) < 4.78 is 37.5. The van der Waals surface area contributed by atoms with Gasteiger partial charge in [-0.15, -0.1) is 0 Å². The van der Waals surface area contributed by atoms with E-state index in [2.05, 4.69) is 9.97 Å². The molecule has 0 fully saturated rings. The van der Waals surface area contributed by atoms with Crippen LogP contribution in [0.5, 0.6) is 0 Å². The Morgan fingerprint density at radius 1 is 1.18 bits per heavy atom. The predicted molar refractivity (Wildman–Crippen MR) is 123 cm³/mol. The minimum atomic E-state index is -4.08. The van der Waals surface area contributed by atoms with Crippen molar-refractivity contribution in [2.24, 2.45) is 0 Å². The minimum Gasteiger partial charge on any atom is -0.462 e. The molecule has 0 aliphatic carbocycles. The molecule has 0 aliphatic heterocycles. The van der Waals surface area contributed by atoms with E-state index in [0.717, 1.165) is 4.31 Å². The molecule has 2 N–H and O–H groups in total. The molecule has 0 radical (unpaired) electrons. The van der Waals surface area contributed by atoms with Crippen LogP contribution in [0, 0.1) is 0 Å². The highest BCUT2D eigenvalue weighted by Gasteiger charge is 2.27. The van der Waals surface area contributed by atoms with Crippen LogP contribution < -0.4 is 5.56 Å². The largest absolute Gasteiger partial charge is 0.462 e. The number of hydrogen-bond donors (Lipinski definition) is 2. The van der Waals surface area contributed by atoms with Gasteiger partial charge in [-0.05, 0) is 45.4 Å². The van der Waals surface area contributed by atoms with Crippen molar-refractivity contribution in [2.75, 3.05) is 20.2 Å². The predicted octanol–water partition coefficient (Wildman–Crippen LogP) is 2.54. The summed E-state index contributed by atoms with van der Waals surface area (Å²) in [6.45, 7) is 6.66. The van der Waals surface area contributed by atoms with E-state index in [9.17, 15) is 22.8 Å². The van der Waals surface area contributed by atoms with Crippen molar-refractivity contribution in [2.45, 2.75) is 44.6 Å². The quantitative estimate of drug-likeness (QED) is 0.499. The van der Waals surface area contributed by atoms with Gasteiger partial charge in [-0.25, -0.2) is 13.2 Å². The molecule has 0 aliphatic rings. The van der Waals surface area contributed by atoms with Crippen molar-refractivity contribution in [3.05, 3.63) is 40.3 Å². The fourth-order valence-electron chi connectivity index (χ4n) is 3.32. The van der Waals surface area contributed by atoms with Crippen molar-refractivity contribution in [3.63, 3.8) is 0 Å². The fraction of sp³-hybridized carbons (Fsp3) is 0.409. The number of likely N-dealkylation sites (N-methyl/N-ethyl adjacent to an activating group) is 1. The summed E-state index contributed by atoms with van der Waals surface area (Å²) in [6.07, 6.45) is 1.99. The average Bonchev–Trinajstić information content (AvgIpc) is 3.16. The Kier molecular flexibility index (Phi) is 6.66. The lowest BCUT2D eigenvalue weighted by atomic mass is 10.1. The van der Waals surface area contributed by atoms with Gasteiger partial charge in [-0.1, -0.05) is 6.92 Å². The number of rotatable bonds is 7. The number of hydrogen-bond acceptors (Lipinski definition) is 7. The van der Waals surface area contributed by atoms with Gasteiger partial charge in [0.2, 0.25) is 10.0 Å². The number of pyridine rings is 1. The first kappa shape index (κ1) is 24.5. The molecule has 0 atom stereocenters. The summed E-state index contributed by atoms with van der Waals surface area (Å²) in [5, 5.41) is 0.614. The van der Waals surface area contributed by atoms with Gasteiger partial charge in [0, 0.05) is 29.5 Å². The Hall–Kier alpha value is -3.18. The van der Waals surface area contributed by atoms with Crippen LogP contribution in [0.4, 0.5) is 0 Å². The SMILES string of the molecule is CCCOC(=O)c1c[nH]c2c(=O)[nH]c3ccc(S(=O)(=O)N(C)CC(=O)OC(C)(C)C)cc3c12. The van der Waals surface area contributed by atoms with Crippen molar-refractivity contribution in [1.29, 1.82) is 0 Å². The molecule has 0 saturated carbocycles. The zero-order valence-corrected chi connectivity index (χ0v) is 20.0. The third-order valence-corrected chi connectivity index (χ3v) is 6.55. The number of sulfonamides is 1. The molecule has 0 spiro atoms. The number of fused-ring (bicyclic) bond motifs is 3. The molecule has 2 aromatic heterocycles. The second kappa shape index (κ2) is 8.99. The second-order valence-electron chi connectivity index (χ2n) is 8.60. The zero-order valence-electron chi connectivity index (χ0n) is 19.1. The van der Waals surface area contributed by atoms with Gasteiger partial charge in [0.1, 0.15) is 17.7 Å². The van der Waals surface area contributed by atoms with Crippen molar-refractivity contribution < 1.29 is 27.5 Å². The van der Waals surface area contributed by atoms with E-state index < -0.39 is 39.7 Å². The van der Waals surface area contributed by atoms with Gasteiger partial charge < -0.3 is 19.4 Å². The van der Waals surface area contributed by atoms with E-state index in [1.807, 2.05) is 6.92 Å². The molecular weight excluding hydrogens is 450 g/mol. The molecule has 2 heterocycles. The van der Waals surface area contributed by atoms with E-state index in [4.69, 9.17) is 9.47 Å². The van der Waals surface area contributed by atoms with Gasteiger partial charge in [0.15, 0.2) is 0 Å². The summed E-state index contributed by atoms with van der Waals surface area (Å²) in [5.74, 6) is -1.31. The molecule has 0 amide bonds. The molecule has 3 aromatic rings. The van der Waals surface area contributed by atoms with Crippen molar-refractivity contribution >= 4 is 43.8 Å². The number of H-pyrrole nitrogens is 2. The molecule has 1 aromatic carbocycles. The molecule has 178 valence electrons. The molecule has 0 unspecified atom stereocenters. The highest BCUT2D eigenvalue weighted by molar-refractivity contribution is 7.89. The normalized spacial score (nSPS) is 12.4. The number of carbonyl (C=O) groups is 2. The fourth-order valence-corrected chi connectivity index (χ4v) is 4.46. The Morgan fingerprint density at radius 2 is 1.88 bits per heavy atom. The summed E-state index contributed by atoms with van der Waals surface area (Å²) in [4.78, 5) is 42.4. The topological polar surface area (TPSA) is 139 Å². The Bertz CT molecular complexity index is 1380. The summed E-state index contributed by atoms with van der Waals surface area (Å²) in [7, 11) is -2.80. The van der Waals surface area contributed by atoms with Crippen molar-refractivity contribution in [1.82, 2.24) is 14.3 Å². The first-order chi connectivity index (χ1) is 15.3. The molecular formula is C22H27N3O7S. The summed E-state index contributed by atoms with van der Waals surface area (Å²) in [6, 6.07) is 4.13. The van der Waals surface area contributed by atoms with E-state index in [0.29, 0.717) is 17.3 Å². The lowest BCUT2D eigenvalue weighted by Gasteiger charge is -2.22. The summed E-state index contributed by atoms with van der Waals surface area (Å²) in [5.41, 5.74) is -0.594. The van der Waals surface area contributed by atoms with Crippen LogP contribution in [0.2, 0.25) is 0 Å². The first-order valence-corrected chi connectivity index (χ1v) is 11.8. The number of aromatic nitrogens is 2. The number of nitrogens with one attached hydrogen (secondary N) is 2. The molecule has 10 nitrogen and oxygen atoms in total. The Balaban J connectivity index is 2.08. The molecule has 3 rings (SSSR count). The highest BCUT2D eigenvalue weighted by Crippen LogP contribution is 2.28. The number of esters is 2. The van der Waals surface area contributed by atoms with E-state index in [1.165, 1.54) is 31.4 Å². The lowest BCUT2D eigenvalue weighted by Crippen LogP contribution is -2.36. The standard InChI is InChI=1S/C22H27N3O7S/c1-6-9-31-21(28)15-11-23-19-18(15)14-10-13(7-8-16(14)24-20(19)27)33(29,30)25(5)12-17(26)32-22(2,3)4/h7-8,10-11,23H,6,9,12H2,1-5H3,(H,24,27). The number of aromatic amines is 2. The number of ether oxygens (including phenoxy) is 2. The smallest absolute Gasteiger partial charge is 0.340 e. The van der Waals surface area contributed by atoms with Gasteiger partial charge >= 0.3 is 11.9 Å². The van der Waals surface area contributed by atoms with Gasteiger partial charge in [0.05, 0.1) is 17.1 Å². The highest BCUT2D eigenvalue weighted by atomic mass is 32.2. The molecule has 11 heteroatoms. The number of nitrogens with zero attached hydrogens (tertiary/aromatic N) is 1. The second-order valence-corrected chi connectivity index (χ2v) is 10.6. The van der Waals surface area contributed by atoms with Crippen molar-refractivity contribution in [3.8, 4) is 0 Å². The van der Waals surface area contributed by atoms with E-state index in [1.54, 1.807) is 20.8 Å². The van der Waals surface area contributed by atoms with Crippen LogP contribution in [-0.4, -0.2) is 60.4 Å². The van der Waals surface area contributed by atoms with Crippen LogP contribution in [0.3, 0.4) is 0 Å². The molecule has 0 bridgehead atoms. The Morgan fingerprint density at radius 3 is 2.52 bits per heavy atom. The van der Waals surface area contributed by atoms with Crippen LogP contribution >= 0.6 is 0 Å². The zero-order chi connectivity index (χ0) is 24.6. The maximum absolute atomic E-state index is 13.1. The maximum Gasteiger partial charge on any atom is 0.340 e. The van der Waals surface area contributed by atoms with E-state index >= 15 is 0 Å². The molecule has 33 heavy (non-hydrogen) atoms. The minimum absolute atomic E-state index is 0.108. The maximum atomic E-state index is 13.1. The van der Waals surface area contributed by atoms with Gasteiger partial charge in [-0.3, -0.25) is 9.59 Å². The summed E-state index contributed by atoms with van der Waals surface area (Å²) >= 11 is 0. The monoisotopic (exact) mass is 477 g/mol. The number of carbonyl (C=O) groups excluding carboxylic acids is 2. The van der Waals surface area contributed by atoms with E-state index in [-0.39, 0.29) is 28.0 Å². The van der Waals surface area contributed by atoms with Crippen LogP contribution in [0.15, 0.2) is 34.1 Å². The van der Waals surface area contributed by atoms with Gasteiger partial charge in [0.25, 0.3) is 5.56 Å². The Labute approximate surface area is 190 Å². The molecule has 0 saturated heterocycles. The third-order valence-electron chi connectivity index (χ3n) is 4.75. The first-order valence-electron chi connectivity index (χ1n) is 10.4. The van der Waals surface area contributed by atoms with Crippen LogP contribution in [0.25, 0.3) is 21.8 Å². The van der Waals surface area contributed by atoms with Gasteiger partial charge in [-0.2, -0.15) is 4.31 Å². The van der Waals surface area contributed by atoms with Crippen LogP contribution in [0.1, 0.15) is 44.5 Å².